The third kappa shape index (κ3) is 9.57. The van der Waals surface area contributed by atoms with Crippen molar-refractivity contribution in [2.75, 3.05) is 0 Å². The summed E-state index contributed by atoms with van der Waals surface area (Å²) >= 11 is 1.69. The van der Waals surface area contributed by atoms with Crippen molar-refractivity contribution in [2.45, 2.75) is 107 Å². The summed E-state index contributed by atoms with van der Waals surface area (Å²) in [6.45, 7) is 21.5. The Bertz CT molecular complexity index is 2190. The standard InChI is InChI=1S/C34H32NOS.C13H24O2.Ir/c1-20(2)15-31-21(3)25-12-11-23(18-32(25)36-31)28-19-30(35-33-27(28)13-14-37-33)24-16-22-9-7-8-10-26(22)29(17-24)34(4,5)6;1-5-10(6-2)12(14)9-13(15)11(7-3)8-4;/h7-14,17-20H,15H2,1-6H3;9-11,14H,5-8H2,1-4H3;/q-1;;/b;12-9-;. The van der Waals surface area contributed by atoms with Gasteiger partial charge in [-0.05, 0) is 78.1 Å². The molecule has 1 radical (unpaired) electrons. The van der Waals surface area contributed by atoms with Gasteiger partial charge in [-0.1, -0.05) is 110 Å². The maximum atomic E-state index is 11.7. The molecule has 0 saturated carbocycles. The average molecular weight is 907 g/mol. The van der Waals surface area contributed by atoms with Gasteiger partial charge in [-0.25, -0.2) is 0 Å². The summed E-state index contributed by atoms with van der Waals surface area (Å²) in [6, 6.07) is 25.6. The fourth-order valence-electron chi connectivity index (χ4n) is 7.10. The molecule has 6 rings (SSSR count). The van der Waals surface area contributed by atoms with Gasteiger partial charge >= 0.3 is 0 Å². The van der Waals surface area contributed by atoms with E-state index in [-0.39, 0.29) is 48.9 Å². The Labute approximate surface area is 334 Å². The monoisotopic (exact) mass is 907 g/mol. The van der Waals surface area contributed by atoms with Crippen molar-refractivity contribution in [3.8, 4) is 22.4 Å². The fraction of sp³-hybridized carbons (Fsp3) is 0.404. The number of benzene rings is 3. The molecule has 3 heterocycles. The van der Waals surface area contributed by atoms with Crippen molar-refractivity contribution in [2.24, 2.45) is 17.8 Å². The maximum absolute atomic E-state index is 11.7. The van der Waals surface area contributed by atoms with Crippen LogP contribution in [0.1, 0.15) is 105 Å². The van der Waals surface area contributed by atoms with E-state index in [9.17, 15) is 9.90 Å². The van der Waals surface area contributed by atoms with E-state index in [2.05, 4.69) is 114 Å². The molecule has 0 bridgehead atoms. The number of aromatic nitrogens is 1. The summed E-state index contributed by atoms with van der Waals surface area (Å²) in [6.07, 6.45) is 5.86. The number of furan rings is 1. The zero-order valence-electron chi connectivity index (χ0n) is 33.1. The quantitative estimate of drug-likeness (QED) is 0.0799. The van der Waals surface area contributed by atoms with Gasteiger partial charge in [-0.3, -0.25) is 9.78 Å². The van der Waals surface area contributed by atoms with Crippen LogP contribution in [0.25, 0.3) is 54.3 Å². The van der Waals surface area contributed by atoms with Crippen molar-refractivity contribution in [1.82, 2.24) is 4.98 Å². The number of hydrogen-bond acceptors (Lipinski definition) is 5. The molecular formula is C47H56IrNO3S-. The van der Waals surface area contributed by atoms with Crippen molar-refractivity contribution in [3.05, 3.63) is 101 Å². The van der Waals surface area contributed by atoms with Crippen molar-refractivity contribution in [3.63, 3.8) is 0 Å². The van der Waals surface area contributed by atoms with Crippen molar-refractivity contribution >= 4 is 49.1 Å². The molecule has 0 aliphatic heterocycles. The molecule has 283 valence electrons. The number of thiophene rings is 1. The van der Waals surface area contributed by atoms with Crippen molar-refractivity contribution < 1.29 is 34.4 Å². The summed E-state index contributed by atoms with van der Waals surface area (Å²) < 4.78 is 6.36. The van der Waals surface area contributed by atoms with Crippen LogP contribution in [-0.2, 0) is 36.7 Å². The van der Waals surface area contributed by atoms with E-state index >= 15 is 0 Å². The molecule has 1 N–H and O–H groups in total. The van der Waals surface area contributed by atoms with Gasteiger partial charge < -0.3 is 9.52 Å². The first-order valence-corrected chi connectivity index (χ1v) is 20.0. The van der Waals surface area contributed by atoms with Crippen LogP contribution >= 0.6 is 11.3 Å². The number of rotatable bonds is 11. The summed E-state index contributed by atoms with van der Waals surface area (Å²) in [5.74, 6) is 2.20. The van der Waals surface area contributed by atoms with E-state index in [1.807, 2.05) is 27.7 Å². The number of allylic oxidation sites excluding steroid dienone is 2. The van der Waals surface area contributed by atoms with Crippen LogP contribution in [0, 0.1) is 30.7 Å². The second kappa shape index (κ2) is 18.2. The Morgan fingerprint density at radius 3 is 2.23 bits per heavy atom. The number of pyridine rings is 1. The first kappa shape index (κ1) is 42.2. The van der Waals surface area contributed by atoms with Crippen LogP contribution in [0.4, 0.5) is 0 Å². The van der Waals surface area contributed by atoms with Gasteiger partial charge in [0.15, 0.2) is 5.78 Å². The number of carbonyl (C=O) groups excluding carboxylic acids is 1. The fourth-order valence-corrected chi connectivity index (χ4v) is 7.89. The maximum Gasteiger partial charge on any atom is 0.162 e. The Morgan fingerprint density at radius 2 is 1.58 bits per heavy atom. The van der Waals surface area contributed by atoms with Gasteiger partial charge in [-0.2, -0.15) is 0 Å². The number of fused-ring (bicyclic) bond motifs is 3. The number of ketones is 1. The van der Waals surface area contributed by atoms with Gasteiger partial charge in [0.05, 0.1) is 5.76 Å². The zero-order chi connectivity index (χ0) is 37.7. The molecule has 0 amide bonds. The third-order valence-electron chi connectivity index (χ3n) is 10.3. The van der Waals surface area contributed by atoms with Gasteiger partial charge in [0.2, 0.25) is 0 Å². The van der Waals surface area contributed by atoms with Crippen LogP contribution in [0.2, 0.25) is 0 Å². The van der Waals surface area contributed by atoms with E-state index in [4.69, 9.17) is 9.40 Å². The van der Waals surface area contributed by atoms with E-state index < -0.39 is 0 Å². The molecule has 6 aromatic rings. The van der Waals surface area contributed by atoms with E-state index in [0.29, 0.717) is 5.92 Å². The van der Waals surface area contributed by atoms with Gasteiger partial charge in [0.1, 0.15) is 16.2 Å². The molecule has 4 nitrogen and oxygen atoms in total. The number of carbonyl (C=O) groups is 1. The number of hydrogen-bond donors (Lipinski definition) is 1. The topological polar surface area (TPSA) is 63.3 Å². The summed E-state index contributed by atoms with van der Waals surface area (Å²) in [5, 5.41) is 16.7. The molecule has 0 aliphatic carbocycles. The molecule has 0 spiro atoms. The molecule has 0 aliphatic rings. The van der Waals surface area contributed by atoms with E-state index in [1.54, 1.807) is 11.3 Å². The first-order valence-electron chi connectivity index (χ1n) is 19.1. The van der Waals surface area contributed by atoms with Gasteiger partial charge in [0, 0.05) is 60.9 Å². The second-order valence-corrected chi connectivity index (χ2v) is 16.4. The predicted octanol–water partition coefficient (Wildman–Crippen LogP) is 14.0. The summed E-state index contributed by atoms with van der Waals surface area (Å²) in [4.78, 5) is 17.9. The van der Waals surface area contributed by atoms with Gasteiger partial charge in [0.25, 0.3) is 0 Å². The number of aliphatic hydroxyl groups is 1. The largest absolute Gasteiger partial charge is 0.512 e. The van der Waals surface area contributed by atoms with Gasteiger partial charge in [-0.15, -0.1) is 40.5 Å². The minimum Gasteiger partial charge on any atom is -0.512 e. The molecule has 0 fully saturated rings. The van der Waals surface area contributed by atoms with Crippen LogP contribution in [-0.4, -0.2) is 15.9 Å². The smallest absolute Gasteiger partial charge is 0.162 e. The molecular weight excluding hydrogens is 851 g/mol. The van der Waals surface area contributed by atoms with Crippen LogP contribution in [0.15, 0.2) is 82.3 Å². The Hall–Kier alpha value is -3.57. The SMILES string of the molecule is CCC(CC)C(=O)/C=C(\O)C(CC)CC.Cc1c(CC(C)C)oc2cc(-c3cc(-c4[c-]c5ccccc5c(C(C)(C)C)c4)nc4sccc34)ccc12.[Ir]. The summed E-state index contributed by atoms with van der Waals surface area (Å²) in [5.41, 5.74) is 7.87. The van der Waals surface area contributed by atoms with E-state index in [1.165, 1.54) is 38.9 Å². The zero-order valence-corrected chi connectivity index (χ0v) is 36.4. The van der Waals surface area contributed by atoms with Crippen LogP contribution in [0.5, 0.6) is 0 Å². The minimum atomic E-state index is 0. The van der Waals surface area contributed by atoms with E-state index in [0.717, 1.165) is 70.5 Å². The molecule has 6 heteroatoms. The number of nitrogens with zero attached hydrogens (tertiary/aromatic N) is 1. The molecule has 3 aromatic carbocycles. The second-order valence-electron chi connectivity index (χ2n) is 15.5. The number of aryl methyl sites for hydroxylation is 1. The first-order chi connectivity index (χ1) is 24.8. The normalized spacial score (nSPS) is 12.2. The molecule has 0 saturated heterocycles. The Kier molecular flexibility index (Phi) is 14.5. The Morgan fingerprint density at radius 1 is 0.906 bits per heavy atom. The molecule has 0 unspecified atom stereocenters. The Balaban J connectivity index is 0.000000335. The number of aliphatic hydroxyl groups excluding tert-OH is 1. The summed E-state index contributed by atoms with van der Waals surface area (Å²) in [7, 11) is 0. The van der Waals surface area contributed by atoms with Crippen LogP contribution in [0.3, 0.4) is 0 Å². The third-order valence-corrected chi connectivity index (χ3v) is 11.1. The molecule has 53 heavy (non-hydrogen) atoms. The van der Waals surface area contributed by atoms with Crippen molar-refractivity contribution in [1.29, 1.82) is 0 Å². The minimum absolute atomic E-state index is 0. The predicted molar refractivity (Wildman–Crippen MR) is 222 cm³/mol. The molecule has 3 aromatic heterocycles. The molecule has 0 atom stereocenters. The van der Waals surface area contributed by atoms with Crippen LogP contribution < -0.4 is 0 Å². The average Bonchev–Trinajstić information content (AvgIpc) is 3.71.